The predicted octanol–water partition coefficient (Wildman–Crippen LogP) is 1.07. The molecule has 1 aliphatic carbocycles. The number of carbonyl (C=O) groups is 1. The number of rotatable bonds is 3. The highest BCUT2D eigenvalue weighted by atomic mass is 19.1. The van der Waals surface area contributed by atoms with E-state index in [1.165, 1.54) is 0 Å². The van der Waals surface area contributed by atoms with E-state index in [0.717, 1.165) is 30.0 Å². The Morgan fingerprint density at radius 1 is 1.39 bits per heavy atom. The molecule has 3 heterocycles. The number of imidazole rings is 1. The zero-order valence-electron chi connectivity index (χ0n) is 13.1. The van der Waals surface area contributed by atoms with Gasteiger partial charge in [0, 0.05) is 13.1 Å². The van der Waals surface area contributed by atoms with Gasteiger partial charge in [0.05, 0.1) is 42.7 Å². The van der Waals surface area contributed by atoms with E-state index in [1.54, 1.807) is 22.1 Å². The number of carbonyl (C=O) groups excluding carboxylic acids is 1. The summed E-state index contributed by atoms with van der Waals surface area (Å²) in [6, 6.07) is 0. The van der Waals surface area contributed by atoms with Crippen LogP contribution >= 0.6 is 0 Å². The average Bonchev–Trinajstić information content (AvgIpc) is 3.10. The molecule has 7 nitrogen and oxygen atoms in total. The van der Waals surface area contributed by atoms with Crippen LogP contribution in [0.2, 0.25) is 0 Å². The zero-order valence-corrected chi connectivity index (χ0v) is 13.1. The Morgan fingerprint density at radius 2 is 2.22 bits per heavy atom. The summed E-state index contributed by atoms with van der Waals surface area (Å²) in [4.78, 5) is 18.5. The number of aromatic nitrogens is 5. The summed E-state index contributed by atoms with van der Waals surface area (Å²) >= 11 is 0. The fourth-order valence-corrected chi connectivity index (χ4v) is 3.04. The molecule has 1 amide bonds. The summed E-state index contributed by atoms with van der Waals surface area (Å²) < 4.78 is 18.0. The minimum Gasteiger partial charge on any atom is -0.334 e. The third-order valence-electron chi connectivity index (χ3n) is 4.67. The van der Waals surface area contributed by atoms with Crippen LogP contribution in [-0.2, 0) is 24.4 Å². The average molecular weight is 318 g/mol. The second-order valence-electron chi connectivity index (χ2n) is 6.41. The molecule has 0 atom stereocenters. The van der Waals surface area contributed by atoms with E-state index in [-0.39, 0.29) is 5.91 Å². The molecular formula is C15H19FN6O. The number of amides is 1. The fourth-order valence-electron chi connectivity index (χ4n) is 3.04. The third kappa shape index (κ3) is 2.51. The molecule has 1 aliphatic heterocycles. The van der Waals surface area contributed by atoms with E-state index in [0.29, 0.717) is 32.5 Å². The topological polar surface area (TPSA) is 68.8 Å². The van der Waals surface area contributed by atoms with E-state index in [1.807, 2.05) is 6.92 Å². The second kappa shape index (κ2) is 5.14. The van der Waals surface area contributed by atoms with Crippen LogP contribution in [0.25, 0.3) is 0 Å². The van der Waals surface area contributed by atoms with Crippen molar-refractivity contribution in [1.29, 1.82) is 0 Å². The van der Waals surface area contributed by atoms with Crippen LogP contribution in [0.1, 0.15) is 36.3 Å². The maximum atomic E-state index is 14.1. The van der Waals surface area contributed by atoms with Crippen molar-refractivity contribution < 1.29 is 9.18 Å². The van der Waals surface area contributed by atoms with Crippen LogP contribution in [0.3, 0.4) is 0 Å². The molecule has 0 bridgehead atoms. The lowest BCUT2D eigenvalue weighted by molar-refractivity contribution is -0.138. The highest BCUT2D eigenvalue weighted by Crippen LogP contribution is 2.42. The standard InChI is InChI=1S/C15H19FN6O/c1-11-7-18-19-22(11)8-12-13-9-20(14(23)15(16)3-4-15)5-2-6-21(13)10-17-12/h7,10H,2-6,8-9H2,1H3. The van der Waals surface area contributed by atoms with E-state index in [4.69, 9.17) is 0 Å². The molecule has 2 aromatic rings. The monoisotopic (exact) mass is 318 g/mol. The largest absolute Gasteiger partial charge is 0.334 e. The third-order valence-corrected chi connectivity index (χ3v) is 4.67. The molecular weight excluding hydrogens is 299 g/mol. The van der Waals surface area contributed by atoms with Crippen LogP contribution in [0.4, 0.5) is 4.39 Å². The summed E-state index contributed by atoms with van der Waals surface area (Å²) in [7, 11) is 0. The maximum Gasteiger partial charge on any atom is 0.260 e. The van der Waals surface area contributed by atoms with Gasteiger partial charge < -0.3 is 9.47 Å². The molecule has 0 N–H and O–H groups in total. The van der Waals surface area contributed by atoms with Gasteiger partial charge in [-0.3, -0.25) is 4.79 Å². The number of hydrogen-bond acceptors (Lipinski definition) is 4. The number of nitrogens with zero attached hydrogens (tertiary/aromatic N) is 6. The zero-order chi connectivity index (χ0) is 16.0. The van der Waals surface area contributed by atoms with Crippen LogP contribution in [0.15, 0.2) is 12.5 Å². The van der Waals surface area contributed by atoms with Gasteiger partial charge in [-0.25, -0.2) is 14.1 Å². The highest BCUT2D eigenvalue weighted by Gasteiger charge is 2.52. The van der Waals surface area contributed by atoms with Gasteiger partial charge in [0.25, 0.3) is 5.91 Å². The van der Waals surface area contributed by atoms with Gasteiger partial charge in [-0.15, -0.1) is 5.10 Å². The Balaban J connectivity index is 1.60. The first-order valence-corrected chi connectivity index (χ1v) is 7.93. The van der Waals surface area contributed by atoms with Crippen molar-refractivity contribution >= 4 is 5.91 Å². The van der Waals surface area contributed by atoms with Crippen molar-refractivity contribution in [2.45, 2.75) is 51.5 Å². The van der Waals surface area contributed by atoms with Crippen molar-refractivity contribution in [3.63, 3.8) is 0 Å². The lowest BCUT2D eigenvalue weighted by Gasteiger charge is -2.22. The molecule has 0 spiro atoms. The summed E-state index contributed by atoms with van der Waals surface area (Å²) in [6.07, 6.45) is 5.02. The number of hydrogen-bond donors (Lipinski definition) is 0. The van der Waals surface area contributed by atoms with Gasteiger partial charge in [0.15, 0.2) is 5.67 Å². The van der Waals surface area contributed by atoms with Gasteiger partial charge in [-0.2, -0.15) is 0 Å². The van der Waals surface area contributed by atoms with E-state index < -0.39 is 5.67 Å². The number of alkyl halides is 1. The Kier molecular flexibility index (Phi) is 3.21. The quantitative estimate of drug-likeness (QED) is 0.849. The molecule has 1 fully saturated rings. The van der Waals surface area contributed by atoms with Crippen LogP contribution in [0, 0.1) is 6.92 Å². The van der Waals surface area contributed by atoms with Crippen LogP contribution in [-0.4, -0.2) is 47.6 Å². The molecule has 0 radical (unpaired) electrons. The molecule has 2 aromatic heterocycles. The summed E-state index contributed by atoms with van der Waals surface area (Å²) in [5, 5.41) is 7.92. The fraction of sp³-hybridized carbons (Fsp3) is 0.600. The Hall–Kier alpha value is -2.25. The summed E-state index contributed by atoms with van der Waals surface area (Å²) in [5.41, 5.74) is 1.17. The molecule has 2 aliphatic rings. The van der Waals surface area contributed by atoms with Crippen molar-refractivity contribution in [3.05, 3.63) is 29.6 Å². The molecule has 23 heavy (non-hydrogen) atoms. The highest BCUT2D eigenvalue weighted by molar-refractivity contribution is 5.88. The summed E-state index contributed by atoms with van der Waals surface area (Å²) in [6.45, 7) is 4.24. The number of aryl methyl sites for hydroxylation is 2. The molecule has 0 aromatic carbocycles. The van der Waals surface area contributed by atoms with Gasteiger partial charge >= 0.3 is 0 Å². The summed E-state index contributed by atoms with van der Waals surface area (Å²) in [5.74, 6) is -0.366. The normalized spacial score (nSPS) is 19.3. The van der Waals surface area contributed by atoms with Gasteiger partial charge in [-0.1, -0.05) is 5.21 Å². The molecule has 4 rings (SSSR count). The minimum absolute atomic E-state index is 0.354. The van der Waals surface area contributed by atoms with Crippen molar-refractivity contribution in [1.82, 2.24) is 29.4 Å². The first-order valence-electron chi connectivity index (χ1n) is 7.93. The van der Waals surface area contributed by atoms with E-state index in [9.17, 15) is 9.18 Å². The maximum absolute atomic E-state index is 14.1. The predicted molar refractivity (Wildman–Crippen MR) is 79.2 cm³/mol. The van der Waals surface area contributed by atoms with Gasteiger partial charge in [0.1, 0.15) is 0 Å². The number of fused-ring (bicyclic) bond motifs is 1. The first kappa shape index (κ1) is 14.3. The SMILES string of the molecule is Cc1cnnn1Cc1ncn2c1CN(C(=O)C1(F)CC1)CCC2. The van der Waals surface area contributed by atoms with Crippen molar-refractivity contribution in [2.75, 3.05) is 6.54 Å². The molecule has 8 heteroatoms. The van der Waals surface area contributed by atoms with Gasteiger partial charge in [-0.05, 0) is 26.2 Å². The van der Waals surface area contributed by atoms with Crippen molar-refractivity contribution in [3.8, 4) is 0 Å². The molecule has 1 saturated carbocycles. The Morgan fingerprint density at radius 3 is 2.91 bits per heavy atom. The molecule has 0 saturated heterocycles. The van der Waals surface area contributed by atoms with Crippen LogP contribution in [0.5, 0.6) is 0 Å². The lowest BCUT2D eigenvalue weighted by Crippen LogP contribution is -2.38. The van der Waals surface area contributed by atoms with Crippen LogP contribution < -0.4 is 0 Å². The number of halogens is 1. The second-order valence-corrected chi connectivity index (χ2v) is 6.41. The Bertz CT molecular complexity index is 747. The van der Waals surface area contributed by atoms with E-state index >= 15 is 0 Å². The minimum atomic E-state index is -1.61. The smallest absolute Gasteiger partial charge is 0.260 e. The molecule has 122 valence electrons. The molecule has 0 unspecified atom stereocenters. The van der Waals surface area contributed by atoms with E-state index in [2.05, 4.69) is 19.9 Å². The lowest BCUT2D eigenvalue weighted by atomic mass is 10.2. The first-order chi connectivity index (χ1) is 11.1. The van der Waals surface area contributed by atoms with Gasteiger partial charge in [0.2, 0.25) is 0 Å². The Labute approximate surface area is 133 Å². The van der Waals surface area contributed by atoms with Crippen molar-refractivity contribution in [2.24, 2.45) is 0 Å².